The Bertz CT molecular complexity index is 1240. The highest BCUT2D eigenvalue weighted by atomic mass is 79.9. The van der Waals surface area contributed by atoms with Gasteiger partial charge in [0.15, 0.2) is 11.0 Å². The monoisotopic (exact) mass is 520 g/mol. The standard InChI is InChI=1S/C25H21BrN4O2S/c1-2-16-30-24(21-10-6-7-11-22(21)26)28-29-25(30)33-17-23(31)27-18-12-14-20(15-13-18)32-19-8-4-3-5-9-19/h2-15H,1,16-17H2,(H,27,31). The van der Waals surface area contributed by atoms with Gasteiger partial charge in [-0.15, -0.1) is 16.8 Å². The molecule has 166 valence electrons. The van der Waals surface area contributed by atoms with E-state index < -0.39 is 0 Å². The Balaban J connectivity index is 1.38. The number of nitrogens with one attached hydrogen (secondary N) is 1. The molecule has 0 aliphatic carbocycles. The lowest BCUT2D eigenvalue weighted by Gasteiger charge is -2.10. The van der Waals surface area contributed by atoms with Crippen molar-refractivity contribution in [2.24, 2.45) is 0 Å². The first-order chi connectivity index (χ1) is 16.1. The maximum atomic E-state index is 12.5. The summed E-state index contributed by atoms with van der Waals surface area (Å²) in [6.07, 6.45) is 1.78. The third-order valence-corrected chi connectivity index (χ3v) is 6.25. The van der Waals surface area contributed by atoms with Crippen LogP contribution < -0.4 is 10.1 Å². The number of halogens is 1. The molecule has 1 aromatic heterocycles. The lowest BCUT2D eigenvalue weighted by molar-refractivity contribution is -0.113. The molecule has 4 rings (SSSR count). The number of hydrogen-bond donors (Lipinski definition) is 1. The van der Waals surface area contributed by atoms with Crippen LogP contribution in [0.25, 0.3) is 11.4 Å². The Labute approximate surface area is 204 Å². The number of rotatable bonds is 9. The van der Waals surface area contributed by atoms with Crippen LogP contribution in [0, 0.1) is 0 Å². The number of allylic oxidation sites excluding steroid dienone is 1. The van der Waals surface area contributed by atoms with Gasteiger partial charge in [-0.3, -0.25) is 9.36 Å². The van der Waals surface area contributed by atoms with Gasteiger partial charge in [-0.2, -0.15) is 0 Å². The van der Waals surface area contributed by atoms with Gasteiger partial charge in [0.05, 0.1) is 5.75 Å². The van der Waals surface area contributed by atoms with Gasteiger partial charge in [0.2, 0.25) is 5.91 Å². The molecule has 0 atom stereocenters. The fourth-order valence-corrected chi connectivity index (χ4v) is 4.30. The second-order valence-corrected chi connectivity index (χ2v) is 8.76. The van der Waals surface area contributed by atoms with E-state index in [9.17, 15) is 4.79 Å². The van der Waals surface area contributed by atoms with Crippen molar-refractivity contribution in [2.75, 3.05) is 11.1 Å². The number of ether oxygens (including phenoxy) is 1. The number of thioether (sulfide) groups is 1. The highest BCUT2D eigenvalue weighted by Crippen LogP contribution is 2.30. The summed E-state index contributed by atoms with van der Waals surface area (Å²) < 4.78 is 8.65. The number of hydrogen-bond acceptors (Lipinski definition) is 5. The number of benzene rings is 3. The van der Waals surface area contributed by atoms with E-state index in [-0.39, 0.29) is 11.7 Å². The first kappa shape index (κ1) is 22.8. The SMILES string of the molecule is C=CCn1c(SCC(=O)Nc2ccc(Oc3ccccc3)cc2)nnc1-c1ccccc1Br. The molecule has 0 spiro atoms. The molecule has 6 nitrogen and oxygen atoms in total. The van der Waals surface area contributed by atoms with Gasteiger partial charge in [-0.25, -0.2) is 0 Å². The summed E-state index contributed by atoms with van der Waals surface area (Å²) in [5.41, 5.74) is 1.63. The largest absolute Gasteiger partial charge is 0.457 e. The zero-order chi connectivity index (χ0) is 23.0. The summed E-state index contributed by atoms with van der Waals surface area (Å²) >= 11 is 4.89. The van der Waals surface area contributed by atoms with Gasteiger partial charge in [0, 0.05) is 22.3 Å². The fourth-order valence-electron chi connectivity index (χ4n) is 3.09. The van der Waals surface area contributed by atoms with E-state index in [0.717, 1.165) is 21.6 Å². The van der Waals surface area contributed by atoms with Gasteiger partial charge < -0.3 is 10.1 Å². The average molecular weight is 521 g/mol. The van der Waals surface area contributed by atoms with Crippen LogP contribution in [0.1, 0.15) is 0 Å². The predicted octanol–water partition coefficient (Wildman–Crippen LogP) is 6.42. The van der Waals surface area contributed by atoms with Crippen molar-refractivity contribution in [2.45, 2.75) is 11.7 Å². The van der Waals surface area contributed by atoms with Gasteiger partial charge in [0.1, 0.15) is 11.5 Å². The molecule has 8 heteroatoms. The van der Waals surface area contributed by atoms with Crippen molar-refractivity contribution in [1.82, 2.24) is 14.8 Å². The first-order valence-electron chi connectivity index (χ1n) is 10.2. The first-order valence-corrected chi connectivity index (χ1v) is 12.0. The molecule has 0 radical (unpaired) electrons. The Hall–Kier alpha value is -3.36. The van der Waals surface area contributed by atoms with Crippen LogP contribution in [-0.4, -0.2) is 26.4 Å². The molecule has 1 amide bonds. The Morgan fingerprint density at radius 1 is 1.00 bits per heavy atom. The zero-order valence-electron chi connectivity index (χ0n) is 17.6. The van der Waals surface area contributed by atoms with Crippen molar-refractivity contribution in [3.05, 3.63) is 96.0 Å². The van der Waals surface area contributed by atoms with Crippen molar-refractivity contribution in [3.63, 3.8) is 0 Å². The molecule has 1 N–H and O–H groups in total. The average Bonchev–Trinajstić information content (AvgIpc) is 3.22. The highest BCUT2D eigenvalue weighted by Gasteiger charge is 2.16. The third-order valence-electron chi connectivity index (χ3n) is 4.59. The third kappa shape index (κ3) is 5.91. The molecule has 0 saturated carbocycles. The van der Waals surface area contributed by atoms with E-state index in [0.29, 0.717) is 23.1 Å². The van der Waals surface area contributed by atoms with E-state index in [1.807, 2.05) is 83.4 Å². The van der Waals surface area contributed by atoms with Crippen LogP contribution in [0.2, 0.25) is 0 Å². The van der Waals surface area contributed by atoms with Crippen molar-refractivity contribution >= 4 is 39.3 Å². The Kier molecular flexibility index (Phi) is 7.59. The molecular weight excluding hydrogens is 500 g/mol. The molecule has 0 unspecified atom stereocenters. The van der Waals surface area contributed by atoms with E-state index in [2.05, 4.69) is 38.0 Å². The van der Waals surface area contributed by atoms with E-state index in [1.165, 1.54) is 11.8 Å². The van der Waals surface area contributed by atoms with Gasteiger partial charge in [0.25, 0.3) is 0 Å². The predicted molar refractivity (Wildman–Crippen MR) is 136 cm³/mol. The molecular formula is C25H21BrN4O2S. The van der Waals surface area contributed by atoms with Crippen LogP contribution in [0.4, 0.5) is 5.69 Å². The maximum Gasteiger partial charge on any atom is 0.234 e. The lowest BCUT2D eigenvalue weighted by Crippen LogP contribution is -2.14. The van der Waals surface area contributed by atoms with E-state index >= 15 is 0 Å². The molecule has 0 aliphatic heterocycles. The lowest BCUT2D eigenvalue weighted by atomic mass is 10.2. The fraction of sp³-hybridized carbons (Fsp3) is 0.0800. The smallest absolute Gasteiger partial charge is 0.234 e. The molecule has 33 heavy (non-hydrogen) atoms. The van der Waals surface area contributed by atoms with Gasteiger partial charge in [-0.1, -0.05) is 70.2 Å². The Morgan fingerprint density at radius 2 is 1.70 bits per heavy atom. The zero-order valence-corrected chi connectivity index (χ0v) is 20.1. The molecule has 0 aliphatic rings. The van der Waals surface area contributed by atoms with Crippen molar-refractivity contribution in [3.8, 4) is 22.9 Å². The second kappa shape index (κ2) is 11.0. The minimum Gasteiger partial charge on any atom is -0.457 e. The number of anilines is 1. The summed E-state index contributed by atoms with van der Waals surface area (Å²) in [6, 6.07) is 24.6. The van der Waals surface area contributed by atoms with Gasteiger partial charge in [-0.05, 0) is 42.5 Å². The highest BCUT2D eigenvalue weighted by molar-refractivity contribution is 9.10. The molecule has 0 fully saturated rings. The van der Waals surface area contributed by atoms with Crippen molar-refractivity contribution < 1.29 is 9.53 Å². The summed E-state index contributed by atoms with van der Waals surface area (Å²) in [6.45, 7) is 4.37. The van der Waals surface area contributed by atoms with E-state index in [4.69, 9.17) is 4.74 Å². The van der Waals surface area contributed by atoms with Crippen LogP contribution >= 0.6 is 27.7 Å². The van der Waals surface area contributed by atoms with Crippen LogP contribution in [0.15, 0.2) is 101 Å². The second-order valence-electron chi connectivity index (χ2n) is 6.96. The molecule has 0 bridgehead atoms. The van der Waals surface area contributed by atoms with Crippen LogP contribution in [0.3, 0.4) is 0 Å². The number of aromatic nitrogens is 3. The summed E-state index contributed by atoms with van der Waals surface area (Å²) in [5, 5.41) is 12.2. The quantitative estimate of drug-likeness (QED) is 0.204. The minimum absolute atomic E-state index is 0.132. The summed E-state index contributed by atoms with van der Waals surface area (Å²) in [7, 11) is 0. The number of carbonyl (C=O) groups is 1. The van der Waals surface area contributed by atoms with Crippen LogP contribution in [0.5, 0.6) is 11.5 Å². The van der Waals surface area contributed by atoms with Crippen LogP contribution in [-0.2, 0) is 11.3 Å². The van der Waals surface area contributed by atoms with Crippen molar-refractivity contribution in [1.29, 1.82) is 0 Å². The normalized spacial score (nSPS) is 10.6. The topological polar surface area (TPSA) is 69.0 Å². The summed E-state index contributed by atoms with van der Waals surface area (Å²) in [4.78, 5) is 12.5. The summed E-state index contributed by atoms with van der Waals surface area (Å²) in [5.74, 6) is 2.25. The molecule has 1 heterocycles. The number of nitrogens with zero attached hydrogens (tertiary/aromatic N) is 3. The maximum absolute atomic E-state index is 12.5. The molecule has 0 saturated heterocycles. The number of carbonyl (C=O) groups excluding carboxylic acids is 1. The minimum atomic E-state index is -0.132. The number of amides is 1. The van der Waals surface area contributed by atoms with Gasteiger partial charge >= 0.3 is 0 Å². The van der Waals surface area contributed by atoms with E-state index in [1.54, 1.807) is 6.08 Å². The Morgan fingerprint density at radius 3 is 2.42 bits per heavy atom. The molecule has 3 aromatic carbocycles. The molecule has 4 aromatic rings. The number of para-hydroxylation sites is 1.